The second-order valence-electron chi connectivity index (χ2n) is 3.98. The van der Waals surface area contributed by atoms with Crippen molar-refractivity contribution in [3.63, 3.8) is 0 Å². The summed E-state index contributed by atoms with van der Waals surface area (Å²) in [7, 11) is 0. The Labute approximate surface area is 78.3 Å². The van der Waals surface area contributed by atoms with E-state index in [1.54, 1.807) is 0 Å². The van der Waals surface area contributed by atoms with E-state index in [0.29, 0.717) is 6.61 Å². The summed E-state index contributed by atoms with van der Waals surface area (Å²) in [6.07, 6.45) is 4.14. The summed E-state index contributed by atoms with van der Waals surface area (Å²) in [5, 5.41) is 8.70. The molecule has 3 nitrogen and oxygen atoms in total. The van der Waals surface area contributed by atoms with Gasteiger partial charge in [0.05, 0.1) is 25.9 Å². The molecule has 1 N–H and O–H groups in total. The molecule has 13 heavy (non-hydrogen) atoms. The van der Waals surface area contributed by atoms with Crippen molar-refractivity contribution >= 4 is 0 Å². The Morgan fingerprint density at radius 2 is 2.46 bits per heavy atom. The van der Waals surface area contributed by atoms with Crippen molar-refractivity contribution in [2.75, 3.05) is 19.8 Å². The molecule has 0 aromatic rings. The maximum atomic E-state index is 8.70. The zero-order chi connectivity index (χ0) is 9.31. The monoisotopic (exact) mass is 184 g/mol. The van der Waals surface area contributed by atoms with Crippen LogP contribution >= 0.6 is 0 Å². The molecule has 2 saturated heterocycles. The van der Waals surface area contributed by atoms with Gasteiger partial charge in [0.25, 0.3) is 0 Å². The third kappa shape index (κ3) is 1.93. The van der Waals surface area contributed by atoms with Crippen molar-refractivity contribution in [2.45, 2.75) is 31.5 Å². The zero-order valence-electron chi connectivity index (χ0n) is 7.95. The Morgan fingerprint density at radius 3 is 2.92 bits per heavy atom. The Kier molecular flexibility index (Phi) is 2.41. The molecule has 0 aromatic carbocycles. The lowest BCUT2D eigenvalue weighted by molar-refractivity contribution is -0.00839. The molecule has 2 atom stereocenters. The van der Waals surface area contributed by atoms with E-state index in [2.05, 4.69) is 6.92 Å². The summed E-state index contributed by atoms with van der Waals surface area (Å²) < 4.78 is 11.0. The Hall–Kier alpha value is -0.380. The van der Waals surface area contributed by atoms with Crippen molar-refractivity contribution in [1.29, 1.82) is 0 Å². The summed E-state index contributed by atoms with van der Waals surface area (Å²) in [6, 6.07) is 0. The first kappa shape index (κ1) is 9.19. The Balaban J connectivity index is 1.86. The number of hydrogen-bond acceptors (Lipinski definition) is 3. The normalized spacial score (nSPS) is 42.3. The number of rotatable bonds is 2. The molecular weight excluding hydrogens is 168 g/mol. The smallest absolute Gasteiger partial charge is 0.115 e. The van der Waals surface area contributed by atoms with E-state index in [9.17, 15) is 0 Å². The minimum Gasteiger partial charge on any atom is -0.392 e. The van der Waals surface area contributed by atoms with Crippen LogP contribution in [0.5, 0.6) is 0 Å². The average Bonchev–Trinajstić information content (AvgIpc) is 2.87. The fourth-order valence-electron chi connectivity index (χ4n) is 1.75. The summed E-state index contributed by atoms with van der Waals surface area (Å²) in [5.74, 6) is 0. The van der Waals surface area contributed by atoms with Gasteiger partial charge in [0.15, 0.2) is 0 Å². The highest BCUT2D eigenvalue weighted by Gasteiger charge is 2.48. The number of aliphatic hydroxyl groups excluding tert-OH is 1. The topological polar surface area (TPSA) is 42.0 Å². The molecule has 0 amide bonds. The van der Waals surface area contributed by atoms with Crippen molar-refractivity contribution in [2.24, 2.45) is 0 Å². The molecule has 2 fully saturated rings. The van der Waals surface area contributed by atoms with E-state index < -0.39 is 0 Å². The van der Waals surface area contributed by atoms with Gasteiger partial charge in [0.1, 0.15) is 5.60 Å². The lowest BCUT2D eigenvalue weighted by Crippen LogP contribution is -2.33. The van der Waals surface area contributed by atoms with Gasteiger partial charge in [-0.1, -0.05) is 6.08 Å². The van der Waals surface area contributed by atoms with Gasteiger partial charge < -0.3 is 14.6 Å². The molecule has 0 saturated carbocycles. The molecule has 2 aliphatic rings. The van der Waals surface area contributed by atoms with Gasteiger partial charge in [-0.3, -0.25) is 0 Å². The SMILES string of the molecule is CC1([C@H]2CC/C(=C\CO)CO2)CO1. The van der Waals surface area contributed by atoms with Gasteiger partial charge >= 0.3 is 0 Å². The van der Waals surface area contributed by atoms with Gasteiger partial charge in [-0.15, -0.1) is 0 Å². The van der Waals surface area contributed by atoms with Crippen LogP contribution in [-0.4, -0.2) is 36.6 Å². The van der Waals surface area contributed by atoms with E-state index in [1.165, 1.54) is 5.57 Å². The van der Waals surface area contributed by atoms with Crippen molar-refractivity contribution in [1.82, 2.24) is 0 Å². The van der Waals surface area contributed by atoms with Crippen molar-refractivity contribution < 1.29 is 14.6 Å². The average molecular weight is 184 g/mol. The molecule has 0 spiro atoms. The second-order valence-corrected chi connectivity index (χ2v) is 3.98. The highest BCUT2D eigenvalue weighted by atomic mass is 16.6. The van der Waals surface area contributed by atoms with Crippen molar-refractivity contribution in [3.8, 4) is 0 Å². The van der Waals surface area contributed by atoms with E-state index >= 15 is 0 Å². The summed E-state index contributed by atoms with van der Waals surface area (Å²) >= 11 is 0. The quantitative estimate of drug-likeness (QED) is 0.511. The number of hydrogen-bond donors (Lipinski definition) is 1. The van der Waals surface area contributed by atoms with E-state index in [4.69, 9.17) is 14.6 Å². The molecule has 2 rings (SSSR count). The maximum absolute atomic E-state index is 8.70. The molecule has 2 heterocycles. The molecule has 2 aliphatic heterocycles. The third-order valence-corrected chi connectivity index (χ3v) is 2.86. The van der Waals surface area contributed by atoms with Crippen LogP contribution in [0.25, 0.3) is 0 Å². The van der Waals surface area contributed by atoms with E-state index in [-0.39, 0.29) is 18.3 Å². The second kappa shape index (κ2) is 3.40. The minimum atomic E-state index is -0.00918. The lowest BCUT2D eigenvalue weighted by Gasteiger charge is -2.27. The van der Waals surface area contributed by atoms with Gasteiger partial charge in [0.2, 0.25) is 0 Å². The fraction of sp³-hybridized carbons (Fsp3) is 0.800. The highest BCUT2D eigenvalue weighted by Crippen LogP contribution is 2.37. The Morgan fingerprint density at radius 1 is 1.69 bits per heavy atom. The van der Waals surface area contributed by atoms with Crippen LogP contribution in [0.2, 0.25) is 0 Å². The Bertz CT molecular complexity index is 208. The van der Waals surface area contributed by atoms with Crippen molar-refractivity contribution in [3.05, 3.63) is 11.6 Å². The predicted octanol–water partition coefficient (Wildman–Crippen LogP) is 0.873. The first-order valence-corrected chi connectivity index (χ1v) is 4.79. The van der Waals surface area contributed by atoms with Crippen LogP contribution in [0.1, 0.15) is 19.8 Å². The molecule has 74 valence electrons. The molecule has 1 unspecified atom stereocenters. The molecule has 0 aromatic heterocycles. The zero-order valence-corrected chi connectivity index (χ0v) is 7.95. The molecular formula is C10H16O3. The van der Waals surface area contributed by atoms with Gasteiger partial charge in [-0.25, -0.2) is 0 Å². The minimum absolute atomic E-state index is 0.00918. The van der Waals surface area contributed by atoms with Gasteiger partial charge in [0, 0.05) is 0 Å². The van der Waals surface area contributed by atoms with Crippen LogP contribution in [0.15, 0.2) is 11.6 Å². The first-order valence-electron chi connectivity index (χ1n) is 4.79. The van der Waals surface area contributed by atoms with Crippen LogP contribution in [0.3, 0.4) is 0 Å². The largest absolute Gasteiger partial charge is 0.392 e. The van der Waals surface area contributed by atoms with Crippen LogP contribution in [0.4, 0.5) is 0 Å². The third-order valence-electron chi connectivity index (χ3n) is 2.86. The number of epoxide rings is 1. The van der Waals surface area contributed by atoms with Crippen LogP contribution in [-0.2, 0) is 9.47 Å². The molecule has 0 radical (unpaired) electrons. The van der Waals surface area contributed by atoms with Crippen LogP contribution < -0.4 is 0 Å². The summed E-state index contributed by atoms with van der Waals surface area (Å²) in [5.41, 5.74) is 1.20. The summed E-state index contributed by atoms with van der Waals surface area (Å²) in [4.78, 5) is 0. The first-order chi connectivity index (χ1) is 6.24. The van der Waals surface area contributed by atoms with Gasteiger partial charge in [-0.05, 0) is 25.3 Å². The van der Waals surface area contributed by atoms with E-state index in [1.807, 2.05) is 6.08 Å². The van der Waals surface area contributed by atoms with Crippen LogP contribution in [0, 0.1) is 0 Å². The van der Waals surface area contributed by atoms with E-state index in [0.717, 1.165) is 19.4 Å². The summed E-state index contributed by atoms with van der Waals surface area (Å²) in [6.45, 7) is 3.70. The molecule has 0 aliphatic carbocycles. The molecule has 0 bridgehead atoms. The predicted molar refractivity (Wildman–Crippen MR) is 48.5 cm³/mol. The lowest BCUT2D eigenvalue weighted by atomic mass is 9.95. The maximum Gasteiger partial charge on any atom is 0.115 e. The van der Waals surface area contributed by atoms with Gasteiger partial charge in [-0.2, -0.15) is 0 Å². The number of ether oxygens (including phenoxy) is 2. The molecule has 3 heteroatoms. The highest BCUT2D eigenvalue weighted by molar-refractivity contribution is 5.08. The number of aliphatic hydroxyl groups is 1. The standard InChI is InChI=1S/C10H16O3/c1-10(7-13-10)9-3-2-8(4-5-11)6-12-9/h4,9,11H,2-3,5-7H2,1H3/b8-4+/t9-,10?/m1/s1. The fourth-order valence-corrected chi connectivity index (χ4v) is 1.75.